The molecular formula is C10H16Cl2N2O. The Labute approximate surface area is 101 Å². The van der Waals surface area contributed by atoms with Crippen LogP contribution in [0.25, 0.3) is 0 Å². The van der Waals surface area contributed by atoms with Gasteiger partial charge < -0.3 is 0 Å². The van der Waals surface area contributed by atoms with Crippen molar-refractivity contribution in [3.8, 4) is 0 Å². The van der Waals surface area contributed by atoms with Gasteiger partial charge in [-0.2, -0.15) is 4.42 Å². The average molecular weight is 251 g/mol. The smallest absolute Gasteiger partial charge is 0.259 e. The van der Waals surface area contributed by atoms with Crippen molar-refractivity contribution in [2.45, 2.75) is 57.2 Å². The molecule has 2 fully saturated rings. The van der Waals surface area contributed by atoms with Crippen molar-refractivity contribution >= 4 is 29.5 Å². The van der Waals surface area contributed by atoms with Crippen molar-refractivity contribution in [2.75, 3.05) is 0 Å². The molecule has 1 aliphatic heterocycles. The maximum absolute atomic E-state index is 12.0. The Balaban J connectivity index is 2.36. The van der Waals surface area contributed by atoms with Crippen molar-refractivity contribution in [3.05, 3.63) is 0 Å². The summed E-state index contributed by atoms with van der Waals surface area (Å²) in [6, 6.07) is 0. The molecule has 86 valence electrons. The molecule has 0 aromatic heterocycles. The van der Waals surface area contributed by atoms with E-state index < -0.39 is 11.2 Å². The van der Waals surface area contributed by atoms with Gasteiger partial charge in [-0.25, -0.2) is 4.42 Å². The van der Waals surface area contributed by atoms with Crippen LogP contribution in [0, 0.1) is 0 Å². The fourth-order valence-corrected chi connectivity index (χ4v) is 3.43. The van der Waals surface area contributed by atoms with Crippen LogP contribution in [0.3, 0.4) is 0 Å². The summed E-state index contributed by atoms with van der Waals surface area (Å²) >= 11 is 12.5. The lowest BCUT2D eigenvalue weighted by molar-refractivity contribution is -0.129. The molecule has 0 bridgehead atoms. The van der Waals surface area contributed by atoms with Crippen molar-refractivity contribution in [1.29, 1.82) is 0 Å². The lowest BCUT2D eigenvalue weighted by Gasteiger charge is -2.41. The van der Waals surface area contributed by atoms with Crippen LogP contribution in [-0.2, 0) is 4.79 Å². The molecule has 1 saturated carbocycles. The van der Waals surface area contributed by atoms with Crippen LogP contribution in [0.2, 0.25) is 0 Å². The topological polar surface area (TPSA) is 23.6 Å². The minimum absolute atomic E-state index is 0.0962. The van der Waals surface area contributed by atoms with E-state index in [1.807, 2.05) is 13.8 Å². The van der Waals surface area contributed by atoms with Crippen molar-refractivity contribution in [2.24, 2.45) is 0 Å². The molecule has 1 aliphatic carbocycles. The van der Waals surface area contributed by atoms with Crippen molar-refractivity contribution in [1.82, 2.24) is 8.84 Å². The normalized spacial score (nSPS) is 30.1. The number of nitrogens with zero attached hydrogens (tertiary/aromatic N) is 2. The molecule has 1 amide bonds. The second-order valence-electron chi connectivity index (χ2n) is 4.97. The first-order valence-corrected chi connectivity index (χ1v) is 6.07. The second-order valence-corrected chi connectivity index (χ2v) is 5.65. The number of hydrogen-bond acceptors (Lipinski definition) is 2. The number of amides is 1. The first-order valence-electron chi connectivity index (χ1n) is 5.39. The molecule has 1 spiro atoms. The SMILES string of the molecule is CC1(C)C(=O)N(Cl)C2(CCCCC2)N1Cl. The molecule has 0 aromatic carbocycles. The molecule has 1 heterocycles. The first-order chi connectivity index (χ1) is 6.93. The third kappa shape index (κ3) is 1.40. The molecule has 1 saturated heterocycles. The highest BCUT2D eigenvalue weighted by Gasteiger charge is 2.60. The van der Waals surface area contributed by atoms with Gasteiger partial charge in [0.2, 0.25) is 0 Å². The molecule has 0 unspecified atom stereocenters. The van der Waals surface area contributed by atoms with Gasteiger partial charge in [0.1, 0.15) is 11.2 Å². The number of rotatable bonds is 0. The summed E-state index contributed by atoms with van der Waals surface area (Å²) in [5.41, 5.74) is -1.15. The fourth-order valence-electron chi connectivity index (χ4n) is 2.62. The first kappa shape index (κ1) is 11.5. The van der Waals surface area contributed by atoms with E-state index in [1.165, 1.54) is 10.8 Å². The molecule has 0 aromatic rings. The van der Waals surface area contributed by atoms with Crippen LogP contribution in [-0.4, -0.2) is 25.9 Å². The van der Waals surface area contributed by atoms with Gasteiger partial charge in [-0.3, -0.25) is 4.79 Å². The molecule has 2 rings (SSSR count). The molecule has 0 N–H and O–H groups in total. The summed E-state index contributed by atoms with van der Waals surface area (Å²) in [4.78, 5) is 12.0. The standard InChI is InChI=1S/C10H16Cl2N2O/c1-9(2)8(15)13(11)10(14(9)12)6-4-3-5-7-10/h3-7H2,1-2H3. The second kappa shape index (κ2) is 3.51. The Hall–Kier alpha value is 0.01000. The van der Waals surface area contributed by atoms with Gasteiger partial charge in [-0.1, -0.05) is 6.42 Å². The molecule has 3 nitrogen and oxygen atoms in total. The minimum atomic E-state index is -0.694. The zero-order valence-electron chi connectivity index (χ0n) is 9.09. The number of halogens is 2. The lowest BCUT2D eigenvalue weighted by atomic mass is 9.89. The predicted molar refractivity (Wildman–Crippen MR) is 60.3 cm³/mol. The van der Waals surface area contributed by atoms with E-state index >= 15 is 0 Å². The van der Waals surface area contributed by atoms with Crippen LogP contribution in [0.15, 0.2) is 0 Å². The molecule has 15 heavy (non-hydrogen) atoms. The summed E-state index contributed by atoms with van der Waals surface area (Å²) in [6.07, 6.45) is 5.10. The van der Waals surface area contributed by atoms with Crippen LogP contribution in [0.5, 0.6) is 0 Å². The quantitative estimate of drug-likeness (QED) is 0.618. The highest BCUT2D eigenvalue weighted by molar-refractivity contribution is 6.27. The van der Waals surface area contributed by atoms with Crippen LogP contribution in [0.1, 0.15) is 46.0 Å². The molecule has 0 radical (unpaired) electrons. The van der Waals surface area contributed by atoms with Gasteiger partial charge in [-0.05, 0) is 51.3 Å². The van der Waals surface area contributed by atoms with E-state index in [9.17, 15) is 4.79 Å². The predicted octanol–water partition coefficient (Wildman–Crippen LogP) is 2.88. The summed E-state index contributed by atoms with van der Waals surface area (Å²) in [5, 5.41) is 0. The monoisotopic (exact) mass is 250 g/mol. The van der Waals surface area contributed by atoms with Crippen molar-refractivity contribution in [3.63, 3.8) is 0 Å². The van der Waals surface area contributed by atoms with Crippen LogP contribution in [0.4, 0.5) is 0 Å². The van der Waals surface area contributed by atoms with Gasteiger partial charge in [0.25, 0.3) is 5.91 Å². The van der Waals surface area contributed by atoms with Gasteiger partial charge in [-0.15, -0.1) is 0 Å². The van der Waals surface area contributed by atoms with Gasteiger partial charge in [0.05, 0.1) is 0 Å². The molecule has 2 aliphatic rings. The Bertz CT molecular complexity index is 287. The Morgan fingerprint density at radius 3 is 2.07 bits per heavy atom. The largest absolute Gasteiger partial charge is 0.271 e. The number of hydrogen-bond donors (Lipinski definition) is 0. The minimum Gasteiger partial charge on any atom is -0.271 e. The van der Waals surface area contributed by atoms with Gasteiger partial charge >= 0.3 is 0 Å². The molecule has 5 heteroatoms. The van der Waals surface area contributed by atoms with Crippen LogP contribution < -0.4 is 0 Å². The Kier molecular flexibility index (Phi) is 2.69. The highest BCUT2D eigenvalue weighted by Crippen LogP contribution is 2.48. The highest BCUT2D eigenvalue weighted by atomic mass is 35.5. The van der Waals surface area contributed by atoms with Crippen LogP contribution >= 0.6 is 23.6 Å². The third-order valence-corrected chi connectivity index (χ3v) is 4.78. The number of carbonyl (C=O) groups excluding carboxylic acids is 1. The third-order valence-electron chi connectivity index (χ3n) is 3.58. The maximum atomic E-state index is 12.0. The number of carbonyl (C=O) groups is 1. The Morgan fingerprint density at radius 1 is 1.13 bits per heavy atom. The molecule has 0 atom stereocenters. The fraction of sp³-hybridized carbons (Fsp3) is 0.900. The van der Waals surface area contributed by atoms with E-state index in [0.717, 1.165) is 25.7 Å². The maximum Gasteiger partial charge on any atom is 0.259 e. The summed E-state index contributed by atoms with van der Waals surface area (Å²) in [7, 11) is 0. The van der Waals surface area contributed by atoms with Gasteiger partial charge in [0, 0.05) is 11.8 Å². The molecular weight excluding hydrogens is 235 g/mol. The van der Waals surface area contributed by atoms with Crippen molar-refractivity contribution < 1.29 is 4.79 Å². The zero-order chi connectivity index (χ0) is 11.3. The van der Waals surface area contributed by atoms with Gasteiger partial charge in [0.15, 0.2) is 0 Å². The summed E-state index contributed by atoms with van der Waals surface area (Å²) < 4.78 is 2.97. The average Bonchev–Trinajstić information content (AvgIpc) is 2.35. The van der Waals surface area contributed by atoms with E-state index in [-0.39, 0.29) is 5.91 Å². The van der Waals surface area contributed by atoms with E-state index in [0.29, 0.717) is 0 Å². The van der Waals surface area contributed by atoms with E-state index in [1.54, 1.807) is 4.42 Å². The zero-order valence-corrected chi connectivity index (χ0v) is 10.6. The Morgan fingerprint density at radius 2 is 1.67 bits per heavy atom. The van der Waals surface area contributed by atoms with E-state index in [2.05, 4.69) is 0 Å². The van der Waals surface area contributed by atoms with E-state index in [4.69, 9.17) is 23.6 Å². The summed E-state index contributed by atoms with van der Waals surface area (Å²) in [6.45, 7) is 3.64. The summed E-state index contributed by atoms with van der Waals surface area (Å²) in [5.74, 6) is -0.0962. The lowest BCUT2D eigenvalue weighted by Crippen LogP contribution is -2.50.